The molecule has 0 aliphatic carbocycles. The van der Waals surface area contributed by atoms with Crippen LogP contribution < -0.4 is 20.2 Å². The average molecular weight is 588 g/mol. The third-order valence-corrected chi connectivity index (χ3v) is 5.54. The van der Waals surface area contributed by atoms with E-state index in [1.807, 2.05) is 31.2 Å². The van der Waals surface area contributed by atoms with Crippen molar-refractivity contribution in [2.24, 2.45) is 5.10 Å². The van der Waals surface area contributed by atoms with Crippen LogP contribution in [0.4, 0.5) is 11.4 Å². The minimum Gasteiger partial charge on any atom is -0.493 e. The first-order chi connectivity index (χ1) is 16.8. The first-order valence-electron chi connectivity index (χ1n) is 10.2. The SMILES string of the molecule is COc1cc(/C=N/NC(=O)c2ccc([N+](=O)[O-])cc2)cc(I)c1OCC(=O)Nc1ccccc1C. The molecule has 0 heterocycles. The first kappa shape index (κ1) is 25.6. The van der Waals surface area contributed by atoms with Gasteiger partial charge in [0.15, 0.2) is 18.1 Å². The molecule has 3 aromatic rings. The number of carbonyl (C=O) groups excluding carboxylic acids is 2. The van der Waals surface area contributed by atoms with Crippen molar-refractivity contribution in [1.82, 2.24) is 5.43 Å². The summed E-state index contributed by atoms with van der Waals surface area (Å²) in [6, 6.07) is 16.0. The molecule has 0 fully saturated rings. The zero-order valence-electron chi connectivity index (χ0n) is 18.8. The van der Waals surface area contributed by atoms with Gasteiger partial charge in [0.25, 0.3) is 17.5 Å². The summed E-state index contributed by atoms with van der Waals surface area (Å²) in [7, 11) is 1.48. The molecular formula is C24H21IN4O6. The lowest BCUT2D eigenvalue weighted by atomic mass is 10.2. The van der Waals surface area contributed by atoms with Gasteiger partial charge in [-0.15, -0.1) is 0 Å². The number of anilines is 1. The van der Waals surface area contributed by atoms with Crippen LogP contribution in [-0.2, 0) is 4.79 Å². The van der Waals surface area contributed by atoms with Gasteiger partial charge in [-0.05, 0) is 71.0 Å². The van der Waals surface area contributed by atoms with Crippen molar-refractivity contribution in [2.75, 3.05) is 19.0 Å². The standard InChI is InChI=1S/C24H21IN4O6/c1-15-5-3-4-6-20(15)27-22(30)14-35-23-19(25)11-16(12-21(23)34-2)13-26-28-24(31)17-7-9-18(10-8-17)29(32)33/h3-13H,14H2,1-2H3,(H,27,30)(H,28,31)/b26-13+. The number of nitrogens with one attached hydrogen (secondary N) is 2. The van der Waals surface area contributed by atoms with Crippen LogP contribution in [0.5, 0.6) is 11.5 Å². The largest absolute Gasteiger partial charge is 0.493 e. The zero-order chi connectivity index (χ0) is 25.4. The van der Waals surface area contributed by atoms with E-state index in [4.69, 9.17) is 9.47 Å². The molecule has 3 aromatic carbocycles. The number of ether oxygens (including phenoxy) is 2. The Morgan fingerprint density at radius 3 is 2.51 bits per heavy atom. The predicted molar refractivity (Wildman–Crippen MR) is 139 cm³/mol. The molecule has 0 aromatic heterocycles. The summed E-state index contributed by atoms with van der Waals surface area (Å²) < 4.78 is 11.8. The third-order valence-electron chi connectivity index (χ3n) is 4.74. The van der Waals surface area contributed by atoms with Gasteiger partial charge in [-0.25, -0.2) is 5.43 Å². The van der Waals surface area contributed by atoms with E-state index in [1.54, 1.807) is 12.1 Å². The third kappa shape index (κ3) is 6.99. The Morgan fingerprint density at radius 2 is 1.86 bits per heavy atom. The lowest BCUT2D eigenvalue weighted by Gasteiger charge is -2.14. The zero-order valence-corrected chi connectivity index (χ0v) is 20.9. The van der Waals surface area contributed by atoms with Crippen LogP contribution in [-0.4, -0.2) is 36.7 Å². The molecule has 0 saturated carbocycles. The van der Waals surface area contributed by atoms with Crippen LogP contribution in [0.25, 0.3) is 0 Å². The lowest BCUT2D eigenvalue weighted by Crippen LogP contribution is -2.21. The Kier molecular flexibility index (Phi) is 8.73. The monoisotopic (exact) mass is 588 g/mol. The summed E-state index contributed by atoms with van der Waals surface area (Å²) >= 11 is 2.05. The number of aryl methyl sites for hydroxylation is 1. The van der Waals surface area contributed by atoms with Gasteiger partial charge in [-0.3, -0.25) is 19.7 Å². The summed E-state index contributed by atoms with van der Waals surface area (Å²) in [6.45, 7) is 1.69. The molecule has 0 aliphatic rings. The highest BCUT2D eigenvalue weighted by Crippen LogP contribution is 2.33. The number of hydrogen-bond acceptors (Lipinski definition) is 7. The first-order valence-corrected chi connectivity index (χ1v) is 11.3. The highest BCUT2D eigenvalue weighted by Gasteiger charge is 2.14. The van der Waals surface area contributed by atoms with Gasteiger partial charge in [0.05, 0.1) is 21.8 Å². The number of carbonyl (C=O) groups is 2. The van der Waals surface area contributed by atoms with E-state index >= 15 is 0 Å². The summed E-state index contributed by atoms with van der Waals surface area (Å²) in [5.41, 5.74) is 4.76. The van der Waals surface area contributed by atoms with Gasteiger partial charge in [0.2, 0.25) is 0 Å². The van der Waals surface area contributed by atoms with Crippen LogP contribution in [0.2, 0.25) is 0 Å². The smallest absolute Gasteiger partial charge is 0.271 e. The van der Waals surface area contributed by atoms with Gasteiger partial charge in [0, 0.05) is 23.4 Å². The van der Waals surface area contributed by atoms with Crippen molar-refractivity contribution in [1.29, 1.82) is 0 Å². The Hall–Kier alpha value is -4.00. The van der Waals surface area contributed by atoms with Crippen molar-refractivity contribution < 1.29 is 24.0 Å². The Bertz CT molecular complexity index is 1280. The van der Waals surface area contributed by atoms with Crippen molar-refractivity contribution in [3.63, 3.8) is 0 Å². The molecule has 0 atom stereocenters. The molecule has 0 aliphatic heterocycles. The number of rotatable bonds is 9. The van der Waals surface area contributed by atoms with E-state index in [0.717, 1.165) is 5.56 Å². The fraction of sp³-hybridized carbons (Fsp3) is 0.125. The number of amides is 2. The van der Waals surface area contributed by atoms with E-state index in [1.165, 1.54) is 37.6 Å². The topological polar surface area (TPSA) is 132 Å². The highest BCUT2D eigenvalue weighted by molar-refractivity contribution is 14.1. The van der Waals surface area contributed by atoms with E-state index < -0.39 is 10.8 Å². The second-order valence-electron chi connectivity index (χ2n) is 7.19. The van der Waals surface area contributed by atoms with Crippen molar-refractivity contribution in [3.8, 4) is 11.5 Å². The summed E-state index contributed by atoms with van der Waals surface area (Å²) in [5.74, 6) is -0.0296. The van der Waals surface area contributed by atoms with E-state index in [-0.39, 0.29) is 23.8 Å². The number of nitro benzene ring substituents is 1. The number of nitrogens with zero attached hydrogens (tertiary/aromatic N) is 2. The maximum absolute atomic E-state index is 12.3. The molecule has 0 unspecified atom stereocenters. The normalized spacial score (nSPS) is 10.6. The second kappa shape index (κ2) is 11.9. The quantitative estimate of drug-likeness (QED) is 0.166. The van der Waals surface area contributed by atoms with Crippen molar-refractivity contribution in [2.45, 2.75) is 6.92 Å². The number of hydrazone groups is 1. The number of non-ortho nitro benzene ring substituents is 1. The molecule has 10 nitrogen and oxygen atoms in total. The van der Waals surface area contributed by atoms with Crippen LogP contribution in [0.3, 0.4) is 0 Å². The molecule has 0 radical (unpaired) electrons. The number of halogens is 1. The fourth-order valence-electron chi connectivity index (χ4n) is 2.96. The number of hydrogen-bond donors (Lipinski definition) is 2. The molecule has 0 spiro atoms. The molecule has 3 rings (SSSR count). The van der Waals surface area contributed by atoms with E-state index in [9.17, 15) is 19.7 Å². The number of methoxy groups -OCH3 is 1. The van der Waals surface area contributed by atoms with Gasteiger partial charge < -0.3 is 14.8 Å². The summed E-state index contributed by atoms with van der Waals surface area (Å²) in [6.07, 6.45) is 1.42. The van der Waals surface area contributed by atoms with Crippen molar-refractivity contribution >= 4 is 52.0 Å². The summed E-state index contributed by atoms with van der Waals surface area (Å²) in [5, 5.41) is 17.5. The van der Waals surface area contributed by atoms with Gasteiger partial charge >= 0.3 is 0 Å². The van der Waals surface area contributed by atoms with Crippen LogP contribution in [0.15, 0.2) is 65.8 Å². The minimum absolute atomic E-state index is 0.110. The Balaban J connectivity index is 1.62. The molecular weight excluding hydrogens is 567 g/mol. The molecule has 0 bridgehead atoms. The molecule has 2 N–H and O–H groups in total. The molecule has 2 amide bonds. The predicted octanol–water partition coefficient (Wildman–Crippen LogP) is 4.30. The number of benzene rings is 3. The highest BCUT2D eigenvalue weighted by atomic mass is 127. The maximum atomic E-state index is 12.3. The summed E-state index contributed by atoms with van der Waals surface area (Å²) in [4.78, 5) is 34.7. The maximum Gasteiger partial charge on any atom is 0.271 e. The van der Waals surface area contributed by atoms with Gasteiger partial charge in [0.1, 0.15) is 0 Å². The molecule has 11 heteroatoms. The Morgan fingerprint density at radius 1 is 1.14 bits per heavy atom. The van der Waals surface area contributed by atoms with E-state index in [0.29, 0.717) is 26.3 Å². The van der Waals surface area contributed by atoms with Gasteiger partial charge in [-0.2, -0.15) is 5.10 Å². The Labute approximate surface area is 214 Å². The molecule has 0 saturated heterocycles. The average Bonchev–Trinajstić information content (AvgIpc) is 2.84. The lowest BCUT2D eigenvalue weighted by molar-refractivity contribution is -0.384. The second-order valence-corrected chi connectivity index (χ2v) is 8.35. The minimum atomic E-state index is -0.543. The van der Waals surface area contributed by atoms with Crippen molar-refractivity contribution in [3.05, 3.63) is 91.0 Å². The number of nitro groups is 1. The van der Waals surface area contributed by atoms with Crippen LogP contribution >= 0.6 is 22.6 Å². The number of para-hydroxylation sites is 1. The molecule has 180 valence electrons. The van der Waals surface area contributed by atoms with Crippen LogP contribution in [0.1, 0.15) is 21.5 Å². The fourth-order valence-corrected chi connectivity index (χ4v) is 3.74. The molecule has 35 heavy (non-hydrogen) atoms. The van der Waals surface area contributed by atoms with Crippen LogP contribution in [0, 0.1) is 20.6 Å². The van der Waals surface area contributed by atoms with E-state index in [2.05, 4.69) is 38.4 Å². The van der Waals surface area contributed by atoms with Gasteiger partial charge in [-0.1, -0.05) is 18.2 Å².